The average Bonchev–Trinajstić information content (AvgIpc) is 2.52. The summed E-state index contributed by atoms with van der Waals surface area (Å²) in [5, 5.41) is 18.7. The maximum atomic E-state index is 13.3. The Labute approximate surface area is 136 Å². The maximum Gasteiger partial charge on any atom is 0.396 e. The van der Waals surface area contributed by atoms with Gasteiger partial charge in [-0.2, -0.15) is 13.2 Å². The van der Waals surface area contributed by atoms with Crippen LogP contribution in [-0.2, 0) is 9.59 Å². The highest BCUT2D eigenvalue weighted by Crippen LogP contribution is 2.38. The number of aliphatic carboxylic acids is 1. The van der Waals surface area contributed by atoms with E-state index in [1.165, 1.54) is 29.2 Å². The molecule has 0 saturated carbocycles. The van der Waals surface area contributed by atoms with E-state index in [4.69, 9.17) is 5.11 Å². The zero-order chi connectivity index (χ0) is 18.0. The monoisotopic (exact) mass is 345 g/mol. The van der Waals surface area contributed by atoms with Gasteiger partial charge in [0, 0.05) is 32.4 Å². The normalized spacial score (nSPS) is 18.9. The molecule has 132 valence electrons. The fourth-order valence-corrected chi connectivity index (χ4v) is 2.75. The van der Waals surface area contributed by atoms with Crippen LogP contribution >= 0.6 is 0 Å². The number of aliphatic hydroxyl groups is 1. The molecule has 1 aliphatic heterocycles. The van der Waals surface area contributed by atoms with Crippen LogP contribution in [0.25, 0.3) is 0 Å². The number of carbonyl (C=O) groups is 2. The van der Waals surface area contributed by atoms with E-state index in [-0.39, 0.29) is 31.5 Å². The van der Waals surface area contributed by atoms with Crippen molar-refractivity contribution in [2.75, 3.05) is 13.1 Å². The van der Waals surface area contributed by atoms with Gasteiger partial charge in [0.2, 0.25) is 5.91 Å². The van der Waals surface area contributed by atoms with E-state index in [0.29, 0.717) is 0 Å². The van der Waals surface area contributed by atoms with Gasteiger partial charge in [-0.25, -0.2) is 4.79 Å². The molecule has 0 spiro atoms. The first-order valence-corrected chi connectivity index (χ1v) is 7.49. The minimum Gasteiger partial charge on any atom is -0.479 e. The quantitative estimate of drug-likeness (QED) is 0.877. The highest BCUT2D eigenvalue weighted by atomic mass is 19.4. The molecule has 1 atom stereocenters. The van der Waals surface area contributed by atoms with Gasteiger partial charge in [0.25, 0.3) is 0 Å². The molecule has 1 heterocycles. The number of rotatable bonds is 4. The highest BCUT2D eigenvalue weighted by Gasteiger charge is 2.44. The standard InChI is InChI=1S/C16H18F3NO4/c17-16(18,19)12(11-4-2-1-3-5-11)10-13(21)20-8-6-15(24,7-9-20)14(22)23/h1-5,12,24H,6-10H2,(H,22,23). The SMILES string of the molecule is O=C(CC(c1ccccc1)C(F)(F)F)N1CCC(O)(C(=O)O)CC1. The number of hydrogen-bond acceptors (Lipinski definition) is 3. The average molecular weight is 345 g/mol. The molecule has 24 heavy (non-hydrogen) atoms. The van der Waals surface area contributed by atoms with Crippen LogP contribution in [0.1, 0.15) is 30.7 Å². The molecule has 0 aromatic heterocycles. The van der Waals surface area contributed by atoms with Crippen LogP contribution in [0, 0.1) is 0 Å². The lowest BCUT2D eigenvalue weighted by Crippen LogP contribution is -2.51. The van der Waals surface area contributed by atoms with Gasteiger partial charge in [-0.1, -0.05) is 30.3 Å². The van der Waals surface area contributed by atoms with Gasteiger partial charge in [-0.3, -0.25) is 4.79 Å². The van der Waals surface area contributed by atoms with Gasteiger partial charge in [0.15, 0.2) is 5.60 Å². The predicted molar refractivity (Wildman–Crippen MR) is 78.3 cm³/mol. The number of carbonyl (C=O) groups excluding carboxylic acids is 1. The number of halogens is 3. The molecule has 2 rings (SSSR count). The number of amides is 1. The van der Waals surface area contributed by atoms with Crippen LogP contribution in [0.5, 0.6) is 0 Å². The Bertz CT molecular complexity index is 595. The summed E-state index contributed by atoms with van der Waals surface area (Å²) in [5.74, 6) is -3.99. The molecule has 1 aromatic rings. The van der Waals surface area contributed by atoms with Gasteiger partial charge < -0.3 is 15.1 Å². The molecule has 1 amide bonds. The van der Waals surface area contributed by atoms with Crippen molar-refractivity contribution in [3.8, 4) is 0 Å². The fraction of sp³-hybridized carbons (Fsp3) is 0.500. The minimum absolute atomic E-state index is 0.0115. The Morgan fingerprint density at radius 1 is 1.17 bits per heavy atom. The van der Waals surface area contributed by atoms with Crippen molar-refractivity contribution in [1.82, 2.24) is 4.90 Å². The predicted octanol–water partition coefficient (Wildman–Crippen LogP) is 2.16. The van der Waals surface area contributed by atoms with Gasteiger partial charge in [-0.05, 0) is 5.56 Å². The Kier molecular flexibility index (Phi) is 5.17. The van der Waals surface area contributed by atoms with Crippen molar-refractivity contribution in [3.05, 3.63) is 35.9 Å². The Balaban J connectivity index is 2.06. The van der Waals surface area contributed by atoms with Crippen LogP contribution in [0.15, 0.2) is 30.3 Å². The van der Waals surface area contributed by atoms with Crippen LogP contribution in [0.3, 0.4) is 0 Å². The molecule has 1 aliphatic rings. The molecule has 0 radical (unpaired) electrons. The van der Waals surface area contributed by atoms with Crippen molar-refractivity contribution < 1.29 is 33.0 Å². The summed E-state index contributed by atoms with van der Waals surface area (Å²) >= 11 is 0. The lowest BCUT2D eigenvalue weighted by Gasteiger charge is -2.36. The molecule has 5 nitrogen and oxygen atoms in total. The summed E-state index contributed by atoms with van der Waals surface area (Å²) in [6.07, 6.45) is -5.69. The topological polar surface area (TPSA) is 77.8 Å². The van der Waals surface area contributed by atoms with Crippen LogP contribution in [0.2, 0.25) is 0 Å². The zero-order valence-electron chi connectivity index (χ0n) is 12.8. The Morgan fingerprint density at radius 2 is 1.71 bits per heavy atom. The maximum absolute atomic E-state index is 13.3. The largest absolute Gasteiger partial charge is 0.479 e. The van der Waals surface area contributed by atoms with Gasteiger partial charge in [0.1, 0.15) is 0 Å². The molecule has 0 aliphatic carbocycles. The van der Waals surface area contributed by atoms with E-state index in [1.54, 1.807) is 6.07 Å². The van der Waals surface area contributed by atoms with Gasteiger partial charge in [-0.15, -0.1) is 0 Å². The second-order valence-electron chi connectivity index (χ2n) is 5.93. The fourth-order valence-electron chi connectivity index (χ4n) is 2.75. The second-order valence-corrected chi connectivity index (χ2v) is 5.93. The van der Waals surface area contributed by atoms with Gasteiger partial charge >= 0.3 is 12.1 Å². The number of piperidine rings is 1. The van der Waals surface area contributed by atoms with E-state index in [9.17, 15) is 27.9 Å². The number of carboxylic acid groups (broad SMARTS) is 1. The number of alkyl halides is 3. The summed E-state index contributed by atoms with van der Waals surface area (Å²) in [7, 11) is 0. The van der Waals surface area contributed by atoms with Crippen molar-refractivity contribution in [2.45, 2.75) is 37.0 Å². The summed E-state index contributed by atoms with van der Waals surface area (Å²) in [5.41, 5.74) is -1.91. The number of likely N-dealkylation sites (tertiary alicyclic amines) is 1. The van der Waals surface area contributed by atoms with E-state index in [2.05, 4.69) is 0 Å². The van der Waals surface area contributed by atoms with E-state index in [1.807, 2.05) is 0 Å². The molecule has 1 fully saturated rings. The summed E-state index contributed by atoms with van der Waals surface area (Å²) < 4.78 is 39.8. The van der Waals surface area contributed by atoms with Crippen molar-refractivity contribution >= 4 is 11.9 Å². The van der Waals surface area contributed by atoms with Crippen molar-refractivity contribution in [3.63, 3.8) is 0 Å². The first kappa shape index (κ1) is 18.3. The number of nitrogens with zero attached hydrogens (tertiary/aromatic N) is 1. The molecule has 0 bridgehead atoms. The smallest absolute Gasteiger partial charge is 0.396 e. The molecule has 2 N–H and O–H groups in total. The molecular formula is C16H18F3NO4. The number of hydrogen-bond donors (Lipinski definition) is 2. The van der Waals surface area contributed by atoms with Crippen LogP contribution < -0.4 is 0 Å². The lowest BCUT2D eigenvalue weighted by molar-refractivity contribution is -0.168. The summed E-state index contributed by atoms with van der Waals surface area (Å²) in [6.45, 7) is -0.165. The molecule has 8 heteroatoms. The second kappa shape index (κ2) is 6.80. The molecular weight excluding hydrogens is 327 g/mol. The van der Waals surface area contributed by atoms with Crippen molar-refractivity contribution in [1.29, 1.82) is 0 Å². The third-order valence-electron chi connectivity index (χ3n) is 4.32. The molecule has 1 saturated heterocycles. The zero-order valence-corrected chi connectivity index (χ0v) is 12.8. The van der Waals surface area contributed by atoms with E-state index >= 15 is 0 Å². The third-order valence-corrected chi connectivity index (χ3v) is 4.32. The first-order chi connectivity index (χ1) is 11.1. The molecule has 1 unspecified atom stereocenters. The van der Waals surface area contributed by atoms with Gasteiger partial charge in [0.05, 0.1) is 5.92 Å². The van der Waals surface area contributed by atoms with E-state index in [0.717, 1.165) is 0 Å². The number of carboxylic acids is 1. The minimum atomic E-state index is -4.56. The number of benzene rings is 1. The van der Waals surface area contributed by atoms with Crippen molar-refractivity contribution in [2.24, 2.45) is 0 Å². The lowest BCUT2D eigenvalue weighted by atomic mass is 9.90. The Hall–Kier alpha value is -2.09. The van der Waals surface area contributed by atoms with Crippen LogP contribution in [0.4, 0.5) is 13.2 Å². The summed E-state index contributed by atoms with van der Waals surface area (Å²) in [4.78, 5) is 24.3. The molecule has 1 aromatic carbocycles. The van der Waals surface area contributed by atoms with Crippen LogP contribution in [-0.4, -0.2) is 51.9 Å². The highest BCUT2D eigenvalue weighted by molar-refractivity contribution is 5.80. The Morgan fingerprint density at radius 3 is 2.17 bits per heavy atom. The summed E-state index contributed by atoms with van der Waals surface area (Å²) in [6, 6.07) is 7.20. The first-order valence-electron chi connectivity index (χ1n) is 7.49. The van der Waals surface area contributed by atoms with E-state index < -0.39 is 36.0 Å². The third kappa shape index (κ3) is 4.05.